The van der Waals surface area contributed by atoms with E-state index in [1.807, 2.05) is 13.8 Å². The first kappa shape index (κ1) is 17.4. The Kier molecular flexibility index (Phi) is 10.0. The van der Waals surface area contributed by atoms with Gasteiger partial charge in [-0.3, -0.25) is 4.79 Å². The van der Waals surface area contributed by atoms with Crippen LogP contribution in [-0.4, -0.2) is 24.7 Å². The fraction of sp³-hybridized carbons (Fsp3) is 0.615. The van der Waals surface area contributed by atoms with Gasteiger partial charge in [0, 0.05) is 4.88 Å². The molecule has 1 aliphatic heterocycles. The number of nitrogens with one attached hydrogen (secondary N) is 1. The molecule has 2 heterocycles. The molecule has 1 aliphatic rings. The molecule has 0 radical (unpaired) electrons. The first-order valence-electron chi connectivity index (χ1n) is 6.20. The van der Waals surface area contributed by atoms with E-state index in [2.05, 4.69) is 18.3 Å². The Hall–Kier alpha value is -0.580. The molecule has 18 heavy (non-hydrogen) atoms. The van der Waals surface area contributed by atoms with Crippen molar-refractivity contribution in [2.24, 2.45) is 5.92 Å². The monoisotopic (exact) mass is 291 g/mol. The lowest BCUT2D eigenvalue weighted by Crippen LogP contribution is -2.10. The second-order valence-electron chi connectivity index (χ2n) is 3.84. The molecule has 1 unspecified atom stereocenters. The molecule has 0 aliphatic carbocycles. The maximum absolute atomic E-state index is 8.36. The van der Waals surface area contributed by atoms with Gasteiger partial charge in [-0.15, -0.1) is 11.3 Å². The smallest absolute Gasteiger partial charge is 0.290 e. The summed E-state index contributed by atoms with van der Waals surface area (Å²) in [5.41, 5.74) is 1.23. The van der Waals surface area contributed by atoms with Crippen LogP contribution in [0.2, 0.25) is 4.34 Å². The Morgan fingerprint density at radius 2 is 2.22 bits per heavy atom. The molecule has 0 aromatic carbocycles. The van der Waals surface area contributed by atoms with Crippen molar-refractivity contribution >= 4 is 29.4 Å². The summed E-state index contributed by atoms with van der Waals surface area (Å²) >= 11 is 7.76. The largest absolute Gasteiger partial charge is 0.483 e. The molecule has 2 N–H and O–H groups in total. The van der Waals surface area contributed by atoms with Crippen LogP contribution < -0.4 is 5.32 Å². The van der Waals surface area contributed by atoms with Crippen LogP contribution in [0, 0.1) is 12.8 Å². The summed E-state index contributed by atoms with van der Waals surface area (Å²) in [4.78, 5) is 9.80. The molecule has 0 spiro atoms. The van der Waals surface area contributed by atoms with Crippen molar-refractivity contribution in [1.29, 1.82) is 0 Å². The van der Waals surface area contributed by atoms with E-state index in [-0.39, 0.29) is 6.47 Å². The van der Waals surface area contributed by atoms with E-state index in [9.17, 15) is 0 Å². The summed E-state index contributed by atoms with van der Waals surface area (Å²) in [5, 5.41) is 10.3. The minimum atomic E-state index is -0.250. The first-order chi connectivity index (χ1) is 8.67. The Morgan fingerprint density at radius 3 is 2.61 bits per heavy atom. The molecule has 1 fully saturated rings. The summed E-state index contributed by atoms with van der Waals surface area (Å²) in [6, 6.07) is 2.23. The second kappa shape index (κ2) is 10.4. The molecule has 104 valence electrons. The molecular formula is C13H22ClNO2S. The van der Waals surface area contributed by atoms with Crippen molar-refractivity contribution in [2.75, 3.05) is 13.1 Å². The van der Waals surface area contributed by atoms with E-state index >= 15 is 0 Å². The van der Waals surface area contributed by atoms with Crippen LogP contribution >= 0.6 is 22.9 Å². The van der Waals surface area contributed by atoms with E-state index in [0.29, 0.717) is 0 Å². The highest BCUT2D eigenvalue weighted by Gasteiger charge is 2.16. The van der Waals surface area contributed by atoms with Crippen molar-refractivity contribution in [3.8, 4) is 0 Å². The van der Waals surface area contributed by atoms with E-state index in [4.69, 9.17) is 21.5 Å². The maximum atomic E-state index is 8.36. The fourth-order valence-corrected chi connectivity index (χ4v) is 3.15. The van der Waals surface area contributed by atoms with Crippen molar-refractivity contribution in [3.63, 3.8) is 0 Å². The van der Waals surface area contributed by atoms with Gasteiger partial charge in [-0.2, -0.15) is 0 Å². The van der Waals surface area contributed by atoms with E-state index in [0.717, 1.165) is 10.3 Å². The highest BCUT2D eigenvalue weighted by Crippen LogP contribution is 2.29. The van der Waals surface area contributed by atoms with Gasteiger partial charge in [-0.1, -0.05) is 25.4 Å². The molecular weight excluding hydrogens is 270 g/mol. The Labute approximate surface area is 118 Å². The normalized spacial score (nSPS) is 17.2. The average Bonchev–Trinajstić information content (AvgIpc) is 2.95. The van der Waals surface area contributed by atoms with Crippen LogP contribution in [0.5, 0.6) is 0 Å². The molecule has 1 aromatic heterocycles. The topological polar surface area (TPSA) is 49.3 Å². The third-order valence-corrected chi connectivity index (χ3v) is 4.14. The third kappa shape index (κ3) is 6.38. The van der Waals surface area contributed by atoms with Gasteiger partial charge >= 0.3 is 0 Å². The van der Waals surface area contributed by atoms with Crippen LogP contribution in [0.25, 0.3) is 0 Å². The summed E-state index contributed by atoms with van der Waals surface area (Å²) in [7, 11) is 0. The number of carbonyl (C=O) groups is 1. The molecule has 2 rings (SSSR count). The lowest BCUT2D eigenvalue weighted by molar-refractivity contribution is -0.122. The van der Waals surface area contributed by atoms with Gasteiger partial charge in [0.05, 0.1) is 4.34 Å². The van der Waals surface area contributed by atoms with Gasteiger partial charge in [0.25, 0.3) is 6.47 Å². The van der Waals surface area contributed by atoms with Crippen LogP contribution in [-0.2, 0) is 11.2 Å². The van der Waals surface area contributed by atoms with Crippen LogP contribution in [0.15, 0.2) is 6.07 Å². The molecule has 1 aromatic rings. The fourth-order valence-electron chi connectivity index (χ4n) is 1.80. The van der Waals surface area contributed by atoms with Gasteiger partial charge in [0.15, 0.2) is 0 Å². The zero-order valence-electron chi connectivity index (χ0n) is 11.2. The first-order valence-corrected chi connectivity index (χ1v) is 7.40. The zero-order valence-corrected chi connectivity index (χ0v) is 12.8. The maximum Gasteiger partial charge on any atom is 0.290 e. The van der Waals surface area contributed by atoms with E-state index < -0.39 is 0 Å². The Morgan fingerprint density at radius 1 is 1.61 bits per heavy atom. The number of carboxylic acid groups (broad SMARTS) is 1. The summed E-state index contributed by atoms with van der Waals surface area (Å²) in [6.45, 7) is 8.19. The third-order valence-electron chi connectivity index (χ3n) is 2.56. The molecule has 1 atom stereocenters. The van der Waals surface area contributed by atoms with Crippen LogP contribution in [0.1, 0.15) is 30.7 Å². The van der Waals surface area contributed by atoms with Crippen LogP contribution in [0.4, 0.5) is 0 Å². The molecule has 0 bridgehead atoms. The highest BCUT2D eigenvalue weighted by molar-refractivity contribution is 7.16. The summed E-state index contributed by atoms with van der Waals surface area (Å²) in [5.74, 6) is 0.828. The minimum Gasteiger partial charge on any atom is -0.483 e. The minimum absolute atomic E-state index is 0.250. The number of halogens is 1. The van der Waals surface area contributed by atoms with Crippen molar-refractivity contribution in [1.82, 2.24) is 5.32 Å². The number of thiophene rings is 1. The zero-order chi connectivity index (χ0) is 14.0. The van der Waals surface area contributed by atoms with Gasteiger partial charge in [-0.05, 0) is 50.4 Å². The number of rotatable bonds is 2. The number of hydrogen-bond acceptors (Lipinski definition) is 3. The average molecular weight is 292 g/mol. The van der Waals surface area contributed by atoms with Gasteiger partial charge in [0.2, 0.25) is 0 Å². The lowest BCUT2D eigenvalue weighted by atomic mass is 10.0. The molecule has 0 amide bonds. The van der Waals surface area contributed by atoms with Crippen molar-refractivity contribution in [2.45, 2.75) is 33.6 Å². The predicted octanol–water partition coefficient (Wildman–Crippen LogP) is 3.59. The quantitative estimate of drug-likeness (QED) is 0.819. The lowest BCUT2D eigenvalue weighted by Gasteiger charge is -2.04. The highest BCUT2D eigenvalue weighted by atomic mass is 35.5. The Balaban J connectivity index is 0.000000509. The molecule has 5 heteroatoms. The molecule has 1 saturated heterocycles. The second-order valence-corrected chi connectivity index (χ2v) is 5.58. The van der Waals surface area contributed by atoms with Crippen molar-refractivity contribution in [3.05, 3.63) is 20.8 Å². The van der Waals surface area contributed by atoms with Crippen molar-refractivity contribution < 1.29 is 9.90 Å². The summed E-state index contributed by atoms with van der Waals surface area (Å²) in [6.07, 6.45) is 2.51. The van der Waals surface area contributed by atoms with Gasteiger partial charge in [-0.25, -0.2) is 0 Å². The molecule has 0 saturated carbocycles. The van der Waals surface area contributed by atoms with Gasteiger partial charge in [0.1, 0.15) is 0 Å². The van der Waals surface area contributed by atoms with E-state index in [1.54, 1.807) is 11.3 Å². The number of aryl methyl sites for hydroxylation is 1. The Bertz CT molecular complexity index is 316. The summed E-state index contributed by atoms with van der Waals surface area (Å²) < 4.78 is 0.959. The molecule has 3 nitrogen and oxygen atoms in total. The van der Waals surface area contributed by atoms with Gasteiger partial charge < -0.3 is 10.4 Å². The number of hydrogen-bond donors (Lipinski definition) is 2. The standard InChI is InChI=1S/C10H14ClNS.C2H6.CH2O2/c1-7-4-9(13-10(7)11)5-8-2-3-12-6-8;1-2;2-1-3/h4,8,12H,2-3,5-6H2,1H3;1-2H3;1H,(H,2,3). The van der Waals surface area contributed by atoms with E-state index in [1.165, 1.54) is 36.4 Å². The van der Waals surface area contributed by atoms with Crippen LogP contribution in [0.3, 0.4) is 0 Å². The SMILES string of the molecule is CC.Cc1cc(CC2CCNC2)sc1Cl.O=CO. The predicted molar refractivity (Wildman–Crippen MR) is 78.8 cm³/mol.